The van der Waals surface area contributed by atoms with Crippen molar-refractivity contribution in [3.63, 3.8) is 0 Å². The van der Waals surface area contributed by atoms with E-state index in [1.165, 1.54) is 22.4 Å². The molecule has 0 radical (unpaired) electrons. The molecule has 0 amide bonds. The maximum Gasteiger partial charge on any atom is 0.335 e. The topological polar surface area (TPSA) is 43.8 Å². The summed E-state index contributed by atoms with van der Waals surface area (Å²) in [6.45, 7) is 3.90. The summed E-state index contributed by atoms with van der Waals surface area (Å²) in [4.78, 5) is 16.3. The first-order valence-electron chi connectivity index (χ1n) is 10.8. The minimum atomic E-state index is -0.853. The second kappa shape index (κ2) is 8.37. The van der Waals surface area contributed by atoms with Crippen LogP contribution < -0.4 is 4.90 Å². The molecule has 2 aliphatic rings. The number of hydrogen-bond donors (Lipinski definition) is 1. The second-order valence-electron chi connectivity index (χ2n) is 8.43. The summed E-state index contributed by atoms with van der Waals surface area (Å²) in [5.41, 5.74) is 6.55. The molecule has 4 nitrogen and oxygen atoms in total. The zero-order valence-corrected chi connectivity index (χ0v) is 18.1. The largest absolute Gasteiger partial charge is 0.478 e. The van der Waals surface area contributed by atoms with Gasteiger partial charge in [-0.15, -0.1) is 0 Å². The molecule has 0 unspecified atom stereocenters. The average Bonchev–Trinajstić information content (AvgIpc) is 2.79. The fourth-order valence-corrected chi connectivity index (χ4v) is 5.08. The first-order chi connectivity index (χ1) is 15.1. The second-order valence-corrected chi connectivity index (χ2v) is 8.87. The molecule has 0 saturated carbocycles. The molecule has 1 saturated heterocycles. The van der Waals surface area contributed by atoms with E-state index in [2.05, 4.69) is 46.2 Å². The minimum Gasteiger partial charge on any atom is -0.478 e. The van der Waals surface area contributed by atoms with Gasteiger partial charge in [0.25, 0.3) is 0 Å². The molecule has 2 heterocycles. The van der Waals surface area contributed by atoms with Gasteiger partial charge in [0.1, 0.15) is 0 Å². The van der Waals surface area contributed by atoms with Gasteiger partial charge in [0, 0.05) is 42.9 Å². The molecule has 5 rings (SSSR count). The number of hydrogen-bond acceptors (Lipinski definition) is 3. The van der Waals surface area contributed by atoms with Crippen molar-refractivity contribution >= 4 is 23.3 Å². The Hall–Kier alpha value is -2.82. The smallest absolute Gasteiger partial charge is 0.335 e. The Morgan fingerprint density at radius 1 is 1.03 bits per heavy atom. The lowest BCUT2D eigenvalue weighted by atomic mass is 9.92. The Balaban J connectivity index is 1.33. The third-order valence-electron chi connectivity index (χ3n) is 6.52. The molecule has 1 fully saturated rings. The van der Waals surface area contributed by atoms with E-state index < -0.39 is 5.97 Å². The van der Waals surface area contributed by atoms with Crippen LogP contribution in [0.2, 0.25) is 5.02 Å². The van der Waals surface area contributed by atoms with Crippen molar-refractivity contribution < 1.29 is 9.90 Å². The Labute approximate surface area is 187 Å². The molecular weight excluding hydrogens is 408 g/mol. The molecule has 5 heteroatoms. The number of aryl methyl sites for hydroxylation is 1. The van der Waals surface area contributed by atoms with Crippen LogP contribution in [0, 0.1) is 0 Å². The average molecular weight is 433 g/mol. The molecular formula is C26H25ClN2O2. The van der Waals surface area contributed by atoms with Crippen LogP contribution in [-0.4, -0.2) is 41.7 Å². The standard InChI is InChI=1S/C26H25ClN2O2/c27-22-9-5-18(6-10-22)24-4-2-1-3-21(24)16-28-13-14-29-23(17-28)11-7-19-15-20(26(30)31)8-12-25(19)29/h1-6,8-10,12,15,23H,7,11,13-14,16-17H2,(H,30,31)/t23-/m0/s1. The van der Waals surface area contributed by atoms with E-state index in [4.69, 9.17) is 11.6 Å². The molecule has 0 spiro atoms. The summed E-state index contributed by atoms with van der Waals surface area (Å²) in [5, 5.41) is 10.0. The number of halogens is 1. The maximum absolute atomic E-state index is 11.3. The van der Waals surface area contributed by atoms with Crippen LogP contribution in [0.5, 0.6) is 0 Å². The van der Waals surface area contributed by atoms with Gasteiger partial charge < -0.3 is 10.0 Å². The summed E-state index contributed by atoms with van der Waals surface area (Å²) >= 11 is 6.08. The molecule has 0 aliphatic carbocycles. The summed E-state index contributed by atoms with van der Waals surface area (Å²) in [5.74, 6) is -0.853. The predicted molar refractivity (Wildman–Crippen MR) is 125 cm³/mol. The van der Waals surface area contributed by atoms with Gasteiger partial charge in [-0.05, 0) is 65.4 Å². The van der Waals surface area contributed by atoms with Crippen molar-refractivity contribution in [1.29, 1.82) is 0 Å². The third kappa shape index (κ3) is 4.06. The number of benzene rings is 3. The third-order valence-corrected chi connectivity index (χ3v) is 6.77. The molecule has 1 N–H and O–H groups in total. The van der Waals surface area contributed by atoms with Crippen molar-refractivity contribution in [3.8, 4) is 11.1 Å². The molecule has 3 aromatic rings. The van der Waals surface area contributed by atoms with Crippen molar-refractivity contribution in [2.45, 2.75) is 25.4 Å². The highest BCUT2D eigenvalue weighted by Gasteiger charge is 2.32. The highest BCUT2D eigenvalue weighted by Crippen LogP contribution is 2.34. The molecule has 2 aliphatic heterocycles. The lowest BCUT2D eigenvalue weighted by Gasteiger charge is -2.46. The first kappa shape index (κ1) is 20.1. The lowest BCUT2D eigenvalue weighted by Crippen LogP contribution is -2.54. The van der Waals surface area contributed by atoms with E-state index in [9.17, 15) is 9.90 Å². The monoisotopic (exact) mass is 432 g/mol. The molecule has 0 bridgehead atoms. The first-order valence-corrected chi connectivity index (χ1v) is 11.2. The molecule has 31 heavy (non-hydrogen) atoms. The van der Waals surface area contributed by atoms with Gasteiger partial charge in [-0.3, -0.25) is 4.90 Å². The summed E-state index contributed by atoms with van der Waals surface area (Å²) in [6, 6.07) is 22.7. The number of aromatic carboxylic acids is 1. The fraction of sp³-hybridized carbons (Fsp3) is 0.269. The predicted octanol–water partition coefficient (Wildman–Crippen LogP) is 5.34. The van der Waals surface area contributed by atoms with Crippen LogP contribution in [0.25, 0.3) is 11.1 Å². The van der Waals surface area contributed by atoms with Crippen molar-refractivity contribution in [3.05, 3.63) is 88.4 Å². The van der Waals surface area contributed by atoms with E-state index >= 15 is 0 Å². The summed E-state index contributed by atoms with van der Waals surface area (Å²) in [6.07, 6.45) is 2.00. The van der Waals surface area contributed by atoms with Crippen LogP contribution in [0.4, 0.5) is 5.69 Å². The number of nitrogens with zero attached hydrogens (tertiary/aromatic N) is 2. The van der Waals surface area contributed by atoms with E-state index in [1.54, 1.807) is 6.07 Å². The normalized spacial score (nSPS) is 18.4. The van der Waals surface area contributed by atoms with Gasteiger partial charge in [0.15, 0.2) is 0 Å². The van der Waals surface area contributed by atoms with Gasteiger partial charge in [0.2, 0.25) is 0 Å². The van der Waals surface area contributed by atoms with Gasteiger partial charge >= 0.3 is 5.97 Å². The van der Waals surface area contributed by atoms with Gasteiger partial charge in [-0.2, -0.15) is 0 Å². The van der Waals surface area contributed by atoms with Crippen molar-refractivity contribution in [2.75, 3.05) is 24.5 Å². The number of fused-ring (bicyclic) bond motifs is 3. The minimum absolute atomic E-state index is 0.384. The molecule has 158 valence electrons. The fourth-order valence-electron chi connectivity index (χ4n) is 4.96. The number of rotatable bonds is 4. The highest BCUT2D eigenvalue weighted by atomic mass is 35.5. The van der Waals surface area contributed by atoms with Crippen LogP contribution in [0.15, 0.2) is 66.7 Å². The summed E-state index contributed by atoms with van der Waals surface area (Å²) < 4.78 is 0. The Bertz CT molecular complexity index is 1110. The van der Waals surface area contributed by atoms with Gasteiger partial charge in [-0.1, -0.05) is 48.0 Å². The van der Waals surface area contributed by atoms with Crippen LogP contribution >= 0.6 is 11.6 Å². The summed E-state index contributed by atoms with van der Waals surface area (Å²) in [7, 11) is 0. The lowest BCUT2D eigenvalue weighted by molar-refractivity contribution is 0.0696. The SMILES string of the molecule is O=C(O)c1ccc2c(c1)CC[C@H]1CN(Cc3ccccc3-c3ccc(Cl)cc3)CCN21. The molecule has 3 aromatic carbocycles. The Kier molecular flexibility index (Phi) is 5.43. The Morgan fingerprint density at radius 3 is 2.65 bits per heavy atom. The maximum atomic E-state index is 11.3. The number of carbonyl (C=O) groups is 1. The quantitative estimate of drug-likeness (QED) is 0.604. The van der Waals surface area contributed by atoms with E-state index in [0.717, 1.165) is 49.6 Å². The Morgan fingerprint density at radius 2 is 1.84 bits per heavy atom. The van der Waals surface area contributed by atoms with Gasteiger partial charge in [0.05, 0.1) is 5.56 Å². The van der Waals surface area contributed by atoms with Crippen molar-refractivity contribution in [1.82, 2.24) is 4.90 Å². The van der Waals surface area contributed by atoms with Crippen LogP contribution in [0.3, 0.4) is 0 Å². The molecule has 0 aromatic heterocycles. The van der Waals surface area contributed by atoms with E-state index in [0.29, 0.717) is 11.6 Å². The number of anilines is 1. The number of carboxylic acids is 1. The van der Waals surface area contributed by atoms with E-state index in [1.807, 2.05) is 24.3 Å². The zero-order valence-electron chi connectivity index (χ0n) is 17.3. The van der Waals surface area contributed by atoms with E-state index in [-0.39, 0.29) is 0 Å². The zero-order chi connectivity index (χ0) is 21.4. The molecule has 1 atom stereocenters. The van der Waals surface area contributed by atoms with Crippen molar-refractivity contribution in [2.24, 2.45) is 0 Å². The highest BCUT2D eigenvalue weighted by molar-refractivity contribution is 6.30. The van der Waals surface area contributed by atoms with Gasteiger partial charge in [-0.25, -0.2) is 4.79 Å². The number of piperazine rings is 1. The van der Waals surface area contributed by atoms with Crippen LogP contribution in [0.1, 0.15) is 27.9 Å². The number of carboxylic acid groups (broad SMARTS) is 1. The van der Waals surface area contributed by atoms with Crippen LogP contribution in [-0.2, 0) is 13.0 Å².